The van der Waals surface area contributed by atoms with E-state index < -0.39 is 0 Å². The Labute approximate surface area is 179 Å². The third-order valence-electron chi connectivity index (χ3n) is 5.46. The molecule has 0 atom stereocenters. The Hall–Kier alpha value is -2.92. The molecule has 158 valence electrons. The number of nitrogens with one attached hydrogen (secondary N) is 1. The van der Waals surface area contributed by atoms with E-state index in [1.165, 1.54) is 11.1 Å². The lowest BCUT2D eigenvalue weighted by molar-refractivity contribution is -0.134. The number of hydrogen-bond donors (Lipinski definition) is 1. The van der Waals surface area contributed by atoms with Crippen LogP contribution in [0.15, 0.2) is 54.6 Å². The molecule has 0 spiro atoms. The van der Waals surface area contributed by atoms with Gasteiger partial charge in [-0.05, 0) is 31.0 Å². The summed E-state index contributed by atoms with van der Waals surface area (Å²) in [6.07, 6.45) is 4.79. The number of para-hydroxylation sites is 1. The molecule has 30 heavy (non-hydrogen) atoms. The van der Waals surface area contributed by atoms with Gasteiger partial charge in [-0.25, -0.2) is 0 Å². The number of nitrogens with zero attached hydrogens (tertiary/aromatic N) is 2. The van der Waals surface area contributed by atoms with Crippen LogP contribution in [0.1, 0.15) is 29.5 Å². The average Bonchev–Trinajstić information content (AvgIpc) is 2.75. The Bertz CT molecular complexity index is 882. The molecule has 2 aromatic carbocycles. The highest BCUT2D eigenvalue weighted by atomic mass is 16.2. The number of carbonyl (C=O) groups is 2. The standard InChI is InChI=1S/C25H31N3O2/c1-20-9-11-22(12-10-20)7-5-15-27-16-18-28(19-17-27)25(30)14-13-24(29)26-23-8-4-3-6-21(23)2/h3-12H,13-19H2,1-2H3,(H,26,29)/b7-5+. The number of rotatable bonds is 7. The van der Waals surface area contributed by atoms with Crippen molar-refractivity contribution >= 4 is 23.6 Å². The summed E-state index contributed by atoms with van der Waals surface area (Å²) in [6, 6.07) is 16.1. The van der Waals surface area contributed by atoms with Gasteiger partial charge in [0.15, 0.2) is 0 Å². The number of anilines is 1. The van der Waals surface area contributed by atoms with Crippen LogP contribution in [0.3, 0.4) is 0 Å². The zero-order chi connectivity index (χ0) is 21.3. The van der Waals surface area contributed by atoms with E-state index in [1.54, 1.807) is 0 Å². The van der Waals surface area contributed by atoms with Crippen molar-refractivity contribution in [3.63, 3.8) is 0 Å². The predicted molar refractivity (Wildman–Crippen MR) is 122 cm³/mol. The maximum absolute atomic E-state index is 12.5. The largest absolute Gasteiger partial charge is 0.340 e. The van der Waals surface area contributed by atoms with Gasteiger partial charge in [-0.3, -0.25) is 14.5 Å². The molecule has 5 nitrogen and oxygen atoms in total. The SMILES string of the molecule is Cc1ccc(/C=C/CN2CCN(C(=O)CCC(=O)Nc3ccccc3C)CC2)cc1. The van der Waals surface area contributed by atoms with E-state index in [0.29, 0.717) is 0 Å². The van der Waals surface area contributed by atoms with E-state index in [0.717, 1.165) is 44.0 Å². The van der Waals surface area contributed by atoms with Gasteiger partial charge in [0.1, 0.15) is 0 Å². The molecule has 1 N–H and O–H groups in total. The lowest BCUT2D eigenvalue weighted by atomic mass is 10.1. The summed E-state index contributed by atoms with van der Waals surface area (Å²) in [5.41, 5.74) is 4.30. The third-order valence-corrected chi connectivity index (χ3v) is 5.46. The summed E-state index contributed by atoms with van der Waals surface area (Å²) in [5, 5.41) is 2.89. The fourth-order valence-electron chi connectivity index (χ4n) is 3.50. The third kappa shape index (κ3) is 6.56. The minimum Gasteiger partial charge on any atom is -0.340 e. The van der Waals surface area contributed by atoms with Gasteiger partial charge in [0.05, 0.1) is 0 Å². The van der Waals surface area contributed by atoms with Crippen molar-refractivity contribution in [2.45, 2.75) is 26.7 Å². The van der Waals surface area contributed by atoms with E-state index in [4.69, 9.17) is 0 Å². The molecule has 1 saturated heterocycles. The summed E-state index contributed by atoms with van der Waals surface area (Å²) in [7, 11) is 0. The van der Waals surface area contributed by atoms with Gasteiger partial charge in [-0.2, -0.15) is 0 Å². The second-order valence-electron chi connectivity index (χ2n) is 7.86. The monoisotopic (exact) mass is 405 g/mol. The van der Waals surface area contributed by atoms with Crippen molar-refractivity contribution in [2.24, 2.45) is 0 Å². The Morgan fingerprint density at radius 1 is 0.933 bits per heavy atom. The number of benzene rings is 2. The number of carbonyl (C=O) groups excluding carboxylic acids is 2. The Kier molecular flexibility index (Phi) is 7.80. The lowest BCUT2D eigenvalue weighted by Gasteiger charge is -2.34. The highest BCUT2D eigenvalue weighted by Crippen LogP contribution is 2.14. The van der Waals surface area contributed by atoms with Crippen LogP contribution < -0.4 is 5.32 Å². The van der Waals surface area contributed by atoms with E-state index in [2.05, 4.69) is 53.6 Å². The quantitative estimate of drug-likeness (QED) is 0.761. The van der Waals surface area contributed by atoms with E-state index in [1.807, 2.05) is 36.1 Å². The zero-order valence-corrected chi connectivity index (χ0v) is 17.9. The van der Waals surface area contributed by atoms with Crippen LogP contribution in [0.5, 0.6) is 0 Å². The maximum atomic E-state index is 12.5. The molecule has 1 fully saturated rings. The molecular formula is C25H31N3O2. The number of aryl methyl sites for hydroxylation is 2. The molecular weight excluding hydrogens is 374 g/mol. The Morgan fingerprint density at radius 3 is 2.33 bits per heavy atom. The fraction of sp³-hybridized carbons (Fsp3) is 0.360. The maximum Gasteiger partial charge on any atom is 0.224 e. The second-order valence-corrected chi connectivity index (χ2v) is 7.86. The van der Waals surface area contributed by atoms with E-state index in [9.17, 15) is 9.59 Å². The molecule has 2 amide bonds. The number of amides is 2. The predicted octanol–water partition coefficient (Wildman–Crippen LogP) is 3.88. The van der Waals surface area contributed by atoms with Crippen LogP contribution in [0, 0.1) is 13.8 Å². The first-order valence-corrected chi connectivity index (χ1v) is 10.6. The van der Waals surface area contributed by atoms with Crippen LogP contribution in [0.4, 0.5) is 5.69 Å². The first kappa shape index (κ1) is 21.8. The topological polar surface area (TPSA) is 52.7 Å². The van der Waals surface area contributed by atoms with Crippen LogP contribution >= 0.6 is 0 Å². The van der Waals surface area contributed by atoms with Crippen molar-refractivity contribution in [3.8, 4) is 0 Å². The summed E-state index contributed by atoms with van der Waals surface area (Å²) in [6.45, 7) is 8.09. The van der Waals surface area contributed by atoms with Crippen molar-refractivity contribution in [2.75, 3.05) is 38.0 Å². The van der Waals surface area contributed by atoms with Gasteiger partial charge in [0, 0.05) is 51.3 Å². The molecule has 1 aliphatic rings. The highest BCUT2D eigenvalue weighted by molar-refractivity contribution is 5.93. The molecule has 0 radical (unpaired) electrons. The van der Waals surface area contributed by atoms with Crippen molar-refractivity contribution in [1.29, 1.82) is 0 Å². The molecule has 0 aliphatic carbocycles. The number of hydrogen-bond acceptors (Lipinski definition) is 3. The van der Waals surface area contributed by atoms with Crippen molar-refractivity contribution < 1.29 is 9.59 Å². The van der Waals surface area contributed by atoms with Crippen LogP contribution in [-0.4, -0.2) is 54.3 Å². The van der Waals surface area contributed by atoms with E-state index in [-0.39, 0.29) is 24.7 Å². The summed E-state index contributed by atoms with van der Waals surface area (Å²) < 4.78 is 0. The van der Waals surface area contributed by atoms with Gasteiger partial charge in [-0.15, -0.1) is 0 Å². The summed E-state index contributed by atoms with van der Waals surface area (Å²) in [4.78, 5) is 28.9. The molecule has 0 bridgehead atoms. The number of piperazine rings is 1. The minimum atomic E-state index is -0.113. The van der Waals surface area contributed by atoms with Crippen molar-refractivity contribution in [3.05, 3.63) is 71.3 Å². The molecule has 5 heteroatoms. The molecule has 3 rings (SSSR count). The molecule has 1 aliphatic heterocycles. The zero-order valence-electron chi connectivity index (χ0n) is 17.9. The fourth-order valence-corrected chi connectivity index (χ4v) is 3.50. The van der Waals surface area contributed by atoms with E-state index >= 15 is 0 Å². The molecule has 0 unspecified atom stereocenters. The van der Waals surface area contributed by atoms with Gasteiger partial charge in [0.2, 0.25) is 11.8 Å². The molecule has 0 saturated carbocycles. The molecule has 1 heterocycles. The Morgan fingerprint density at radius 2 is 1.63 bits per heavy atom. The smallest absolute Gasteiger partial charge is 0.224 e. The minimum absolute atomic E-state index is 0.0600. The first-order valence-electron chi connectivity index (χ1n) is 10.6. The van der Waals surface area contributed by atoms with Crippen LogP contribution in [0.2, 0.25) is 0 Å². The molecule has 2 aromatic rings. The molecule has 0 aromatic heterocycles. The highest BCUT2D eigenvalue weighted by Gasteiger charge is 2.20. The van der Waals surface area contributed by atoms with Crippen LogP contribution in [0.25, 0.3) is 6.08 Å². The lowest BCUT2D eigenvalue weighted by Crippen LogP contribution is -2.48. The van der Waals surface area contributed by atoms with Crippen LogP contribution in [-0.2, 0) is 9.59 Å². The first-order chi connectivity index (χ1) is 14.5. The Balaban J connectivity index is 1.36. The van der Waals surface area contributed by atoms with Gasteiger partial charge < -0.3 is 10.2 Å². The second kappa shape index (κ2) is 10.7. The summed E-state index contributed by atoms with van der Waals surface area (Å²) in [5.74, 6) is -0.0534. The van der Waals surface area contributed by atoms with Gasteiger partial charge in [-0.1, -0.05) is 60.2 Å². The average molecular weight is 406 g/mol. The van der Waals surface area contributed by atoms with Gasteiger partial charge >= 0.3 is 0 Å². The van der Waals surface area contributed by atoms with Crippen molar-refractivity contribution in [1.82, 2.24) is 9.80 Å². The summed E-state index contributed by atoms with van der Waals surface area (Å²) >= 11 is 0. The normalized spacial score (nSPS) is 14.8. The van der Waals surface area contributed by atoms with Gasteiger partial charge in [0.25, 0.3) is 0 Å².